The Kier molecular flexibility index (Phi) is 6.47. The van der Waals surface area contributed by atoms with E-state index in [4.69, 9.17) is 27.9 Å². The highest BCUT2D eigenvalue weighted by atomic mass is 35.5. The maximum atomic E-state index is 13.0. The molecule has 28 heavy (non-hydrogen) atoms. The van der Waals surface area contributed by atoms with Gasteiger partial charge >= 0.3 is 0 Å². The van der Waals surface area contributed by atoms with Gasteiger partial charge in [-0.15, -0.1) is 0 Å². The molecule has 9 heteroatoms. The van der Waals surface area contributed by atoms with E-state index in [1.165, 1.54) is 29.2 Å². The van der Waals surface area contributed by atoms with Crippen LogP contribution in [0.25, 0.3) is 0 Å². The maximum absolute atomic E-state index is 13.0. The number of hydrogen-bond acceptors (Lipinski definition) is 4. The molecule has 1 unspecified atom stereocenters. The fourth-order valence-corrected chi connectivity index (χ4v) is 5.23. The number of carbonyl (C=O) groups excluding carboxylic acids is 1. The van der Waals surface area contributed by atoms with E-state index in [9.17, 15) is 17.6 Å². The zero-order valence-corrected chi connectivity index (χ0v) is 17.1. The van der Waals surface area contributed by atoms with E-state index in [2.05, 4.69) is 0 Å². The molecule has 1 fully saturated rings. The molecule has 1 aliphatic rings. The van der Waals surface area contributed by atoms with Crippen LogP contribution in [0.3, 0.4) is 0 Å². The first-order chi connectivity index (χ1) is 13.2. The van der Waals surface area contributed by atoms with Gasteiger partial charge in [0.1, 0.15) is 11.6 Å². The van der Waals surface area contributed by atoms with E-state index >= 15 is 0 Å². The molecule has 1 aliphatic heterocycles. The minimum absolute atomic E-state index is 0.0363. The van der Waals surface area contributed by atoms with Crippen LogP contribution in [0.5, 0.6) is 5.75 Å². The van der Waals surface area contributed by atoms with E-state index in [0.717, 1.165) is 0 Å². The van der Waals surface area contributed by atoms with Crippen molar-refractivity contribution in [2.45, 2.75) is 19.0 Å². The molecule has 5 nitrogen and oxygen atoms in total. The van der Waals surface area contributed by atoms with Crippen LogP contribution in [0.15, 0.2) is 42.5 Å². The van der Waals surface area contributed by atoms with Crippen molar-refractivity contribution in [3.8, 4) is 5.75 Å². The van der Waals surface area contributed by atoms with Crippen molar-refractivity contribution < 1.29 is 22.3 Å². The molecule has 150 valence electrons. The van der Waals surface area contributed by atoms with Gasteiger partial charge in [0.25, 0.3) is 5.91 Å². The summed E-state index contributed by atoms with van der Waals surface area (Å²) in [6.07, 6.45) is 0.357. The lowest BCUT2D eigenvalue weighted by Crippen LogP contribution is -2.43. The number of ether oxygens (including phenoxy) is 1. The molecule has 0 aromatic heterocycles. The minimum Gasteiger partial charge on any atom is -0.484 e. The SMILES string of the molecule is O=C(COc1ccc(F)cc1)N(Cc1ccc(Cl)cc1Cl)C1CCS(=O)(=O)C1. The Hall–Kier alpha value is -1.83. The molecule has 0 saturated carbocycles. The van der Waals surface area contributed by atoms with Gasteiger partial charge in [0.05, 0.1) is 11.5 Å². The van der Waals surface area contributed by atoms with Crippen molar-refractivity contribution >= 4 is 38.9 Å². The van der Waals surface area contributed by atoms with Crippen LogP contribution in [0.4, 0.5) is 4.39 Å². The second-order valence-corrected chi connectivity index (χ2v) is 9.63. The average Bonchev–Trinajstić information content (AvgIpc) is 3.00. The summed E-state index contributed by atoms with van der Waals surface area (Å²) in [7, 11) is -3.19. The normalized spacial score (nSPS) is 18.0. The van der Waals surface area contributed by atoms with Gasteiger partial charge in [0.2, 0.25) is 0 Å². The van der Waals surface area contributed by atoms with Gasteiger partial charge < -0.3 is 9.64 Å². The van der Waals surface area contributed by atoms with Crippen LogP contribution in [0.2, 0.25) is 10.0 Å². The van der Waals surface area contributed by atoms with E-state index in [-0.39, 0.29) is 30.6 Å². The highest BCUT2D eigenvalue weighted by Gasteiger charge is 2.35. The molecule has 1 atom stereocenters. The molecule has 3 rings (SSSR count). The molecule has 2 aromatic rings. The van der Waals surface area contributed by atoms with E-state index in [1.54, 1.807) is 18.2 Å². The third-order valence-electron chi connectivity index (χ3n) is 4.50. The largest absolute Gasteiger partial charge is 0.484 e. The van der Waals surface area contributed by atoms with Gasteiger partial charge in [0.15, 0.2) is 16.4 Å². The number of rotatable bonds is 6. The lowest BCUT2D eigenvalue weighted by molar-refractivity contribution is -0.136. The molecular weight excluding hydrogens is 428 g/mol. The number of sulfone groups is 1. The smallest absolute Gasteiger partial charge is 0.261 e. The van der Waals surface area contributed by atoms with Crippen molar-refractivity contribution in [2.24, 2.45) is 0 Å². The van der Waals surface area contributed by atoms with Gasteiger partial charge in [-0.05, 0) is 48.4 Å². The number of hydrogen-bond donors (Lipinski definition) is 0. The number of benzene rings is 2. The Balaban J connectivity index is 1.76. The predicted molar refractivity (Wildman–Crippen MR) is 106 cm³/mol. The van der Waals surface area contributed by atoms with Crippen molar-refractivity contribution in [1.82, 2.24) is 4.90 Å². The molecule has 1 saturated heterocycles. The van der Waals surface area contributed by atoms with Gasteiger partial charge in [0, 0.05) is 22.6 Å². The van der Waals surface area contributed by atoms with E-state index in [1.807, 2.05) is 0 Å². The molecule has 0 bridgehead atoms. The number of carbonyl (C=O) groups is 1. The van der Waals surface area contributed by atoms with Gasteiger partial charge in [-0.3, -0.25) is 4.79 Å². The zero-order chi connectivity index (χ0) is 20.3. The lowest BCUT2D eigenvalue weighted by atomic mass is 10.1. The van der Waals surface area contributed by atoms with Crippen molar-refractivity contribution in [3.63, 3.8) is 0 Å². The second-order valence-electron chi connectivity index (χ2n) is 6.56. The second kappa shape index (κ2) is 8.68. The summed E-state index contributed by atoms with van der Waals surface area (Å²) in [6, 6.07) is 9.78. The fourth-order valence-electron chi connectivity index (χ4n) is 3.03. The van der Waals surface area contributed by atoms with Gasteiger partial charge in [-0.2, -0.15) is 0 Å². The highest BCUT2D eigenvalue weighted by Crippen LogP contribution is 2.26. The fraction of sp³-hybridized carbons (Fsp3) is 0.316. The number of halogens is 3. The molecular formula is C19H18Cl2FNO4S. The Morgan fingerprint density at radius 3 is 2.50 bits per heavy atom. The monoisotopic (exact) mass is 445 g/mol. The highest BCUT2D eigenvalue weighted by molar-refractivity contribution is 7.91. The molecule has 2 aromatic carbocycles. The summed E-state index contributed by atoms with van der Waals surface area (Å²) < 4.78 is 42.2. The molecule has 1 heterocycles. The lowest BCUT2D eigenvalue weighted by Gasteiger charge is -2.29. The first kappa shape index (κ1) is 20.9. The first-order valence-corrected chi connectivity index (χ1v) is 11.1. The summed E-state index contributed by atoms with van der Waals surface area (Å²) in [4.78, 5) is 14.3. The van der Waals surface area contributed by atoms with Crippen LogP contribution in [-0.2, 0) is 21.2 Å². The molecule has 0 spiro atoms. The summed E-state index contributed by atoms with van der Waals surface area (Å²) in [5, 5.41) is 0.861. The zero-order valence-electron chi connectivity index (χ0n) is 14.8. The first-order valence-electron chi connectivity index (χ1n) is 8.56. The summed E-state index contributed by atoms with van der Waals surface area (Å²) in [6.45, 7) is -0.158. The molecule has 1 amide bonds. The van der Waals surface area contributed by atoms with Gasteiger partial charge in [-0.1, -0.05) is 29.3 Å². The Morgan fingerprint density at radius 1 is 1.18 bits per heavy atom. The third-order valence-corrected chi connectivity index (χ3v) is 6.84. The summed E-state index contributed by atoms with van der Waals surface area (Å²) >= 11 is 12.1. The summed E-state index contributed by atoms with van der Waals surface area (Å²) in [5.74, 6) is -0.501. The molecule has 0 aliphatic carbocycles. The predicted octanol–water partition coefficient (Wildman–Crippen LogP) is 3.73. The van der Waals surface area contributed by atoms with Crippen LogP contribution < -0.4 is 4.74 Å². The van der Waals surface area contributed by atoms with Crippen LogP contribution in [0, 0.1) is 5.82 Å². The van der Waals surface area contributed by atoms with Crippen molar-refractivity contribution in [1.29, 1.82) is 0 Å². The quantitative estimate of drug-likeness (QED) is 0.679. The van der Waals surface area contributed by atoms with Crippen molar-refractivity contribution in [3.05, 3.63) is 63.9 Å². The Labute approximate surface area is 172 Å². The third kappa shape index (κ3) is 5.37. The average molecular weight is 446 g/mol. The standard InChI is InChI=1S/C19H18Cl2FNO4S/c20-14-2-1-13(18(21)9-14)10-23(16-7-8-28(25,26)12-16)19(24)11-27-17-5-3-15(22)4-6-17/h1-6,9,16H,7-8,10-12H2. The molecule has 0 radical (unpaired) electrons. The van der Waals surface area contributed by atoms with E-state index < -0.39 is 21.7 Å². The minimum atomic E-state index is -3.19. The Bertz CT molecular complexity index is 966. The van der Waals surface area contributed by atoms with Gasteiger partial charge in [-0.25, -0.2) is 12.8 Å². The van der Waals surface area contributed by atoms with Crippen LogP contribution in [0.1, 0.15) is 12.0 Å². The van der Waals surface area contributed by atoms with Crippen LogP contribution >= 0.6 is 23.2 Å². The number of amides is 1. The topological polar surface area (TPSA) is 63.7 Å². The number of nitrogens with zero attached hydrogens (tertiary/aromatic N) is 1. The van der Waals surface area contributed by atoms with Crippen LogP contribution in [-0.4, -0.2) is 43.4 Å². The molecule has 0 N–H and O–H groups in total. The van der Waals surface area contributed by atoms with E-state index in [0.29, 0.717) is 27.8 Å². The Morgan fingerprint density at radius 2 is 1.89 bits per heavy atom. The maximum Gasteiger partial charge on any atom is 0.261 e. The van der Waals surface area contributed by atoms with Crippen molar-refractivity contribution in [2.75, 3.05) is 18.1 Å². The summed E-state index contributed by atoms with van der Waals surface area (Å²) in [5.41, 5.74) is 0.658.